The highest BCUT2D eigenvalue weighted by molar-refractivity contribution is 5.85. The normalized spacial score (nSPS) is 28.4. The van der Waals surface area contributed by atoms with E-state index in [1.165, 1.54) is 4.90 Å². The quantitative estimate of drug-likeness (QED) is 0.822. The fourth-order valence-corrected chi connectivity index (χ4v) is 2.59. The highest BCUT2D eigenvalue weighted by Gasteiger charge is 2.42. The summed E-state index contributed by atoms with van der Waals surface area (Å²) < 4.78 is 0. The van der Waals surface area contributed by atoms with Crippen LogP contribution in [0.4, 0.5) is 0 Å². The average molecular weight is 252 g/mol. The van der Waals surface area contributed by atoms with E-state index in [9.17, 15) is 9.59 Å². The van der Waals surface area contributed by atoms with Crippen molar-refractivity contribution in [1.82, 2.24) is 4.90 Å². The molecule has 0 bridgehead atoms. The number of aliphatic carboxylic acids is 1. The molecule has 18 heavy (non-hydrogen) atoms. The van der Waals surface area contributed by atoms with E-state index in [1.807, 2.05) is 13.0 Å². The topological polar surface area (TPSA) is 81.4 Å². The second kappa shape index (κ2) is 5.85. The maximum Gasteiger partial charge on any atom is 0.307 e. The molecule has 5 heteroatoms. The van der Waals surface area contributed by atoms with Crippen molar-refractivity contribution in [3.63, 3.8) is 0 Å². The molecule has 1 fully saturated rings. The third kappa shape index (κ3) is 3.00. The van der Waals surface area contributed by atoms with E-state index in [0.717, 1.165) is 0 Å². The van der Waals surface area contributed by atoms with Crippen LogP contribution in [0.25, 0.3) is 0 Å². The van der Waals surface area contributed by atoms with E-state index in [4.69, 9.17) is 10.4 Å². The molecule has 0 aliphatic heterocycles. The average Bonchev–Trinajstić information content (AvgIpc) is 2.69. The lowest BCUT2D eigenvalue weighted by molar-refractivity contribution is -0.149. The summed E-state index contributed by atoms with van der Waals surface area (Å²) in [6.07, 6.45) is 1.45. The summed E-state index contributed by atoms with van der Waals surface area (Å²) in [6, 6.07) is 1.85. The van der Waals surface area contributed by atoms with Crippen molar-refractivity contribution in [2.24, 2.45) is 17.8 Å². The first-order chi connectivity index (χ1) is 8.38. The number of hydrogen-bond donors (Lipinski definition) is 1. The molecule has 1 aliphatic rings. The number of hydrogen-bond acceptors (Lipinski definition) is 3. The van der Waals surface area contributed by atoms with Crippen LogP contribution in [-0.2, 0) is 9.59 Å². The molecule has 0 aromatic heterocycles. The zero-order chi connectivity index (χ0) is 13.9. The van der Waals surface area contributed by atoms with E-state index in [-0.39, 0.29) is 24.3 Å². The Balaban J connectivity index is 2.76. The van der Waals surface area contributed by atoms with Gasteiger partial charge < -0.3 is 10.0 Å². The van der Waals surface area contributed by atoms with Gasteiger partial charge in [0.15, 0.2) is 0 Å². The molecule has 0 radical (unpaired) electrons. The van der Waals surface area contributed by atoms with Gasteiger partial charge in [0.25, 0.3) is 0 Å². The van der Waals surface area contributed by atoms with Crippen LogP contribution in [0.15, 0.2) is 0 Å². The number of carbonyl (C=O) groups is 2. The number of carbonyl (C=O) groups excluding carboxylic acids is 1. The van der Waals surface area contributed by atoms with Crippen LogP contribution in [0.1, 0.15) is 33.1 Å². The lowest BCUT2D eigenvalue weighted by Gasteiger charge is -2.27. The molecule has 1 N–H and O–H groups in total. The van der Waals surface area contributed by atoms with Crippen LogP contribution in [-0.4, -0.2) is 35.0 Å². The molecule has 1 amide bonds. The summed E-state index contributed by atoms with van der Waals surface area (Å²) >= 11 is 0. The molecule has 0 heterocycles. The van der Waals surface area contributed by atoms with Crippen LogP contribution >= 0.6 is 0 Å². The molecule has 0 aromatic carbocycles. The largest absolute Gasteiger partial charge is 0.481 e. The van der Waals surface area contributed by atoms with Crippen LogP contribution < -0.4 is 0 Å². The third-order valence-corrected chi connectivity index (χ3v) is 3.83. The minimum absolute atomic E-state index is 0.144. The van der Waals surface area contributed by atoms with Gasteiger partial charge in [0.05, 0.1) is 24.3 Å². The molecular formula is C13H20N2O3. The smallest absolute Gasteiger partial charge is 0.307 e. The van der Waals surface area contributed by atoms with Crippen LogP contribution in [0.3, 0.4) is 0 Å². The molecule has 1 saturated carbocycles. The molecule has 1 rings (SSSR count). The van der Waals surface area contributed by atoms with E-state index >= 15 is 0 Å². The molecule has 5 nitrogen and oxygen atoms in total. The van der Waals surface area contributed by atoms with Crippen molar-refractivity contribution in [2.45, 2.75) is 39.2 Å². The minimum Gasteiger partial charge on any atom is -0.481 e. The first kappa shape index (κ1) is 14.5. The van der Waals surface area contributed by atoms with Gasteiger partial charge in [-0.1, -0.05) is 6.92 Å². The zero-order valence-electron chi connectivity index (χ0n) is 11.1. The van der Waals surface area contributed by atoms with Crippen LogP contribution in [0, 0.1) is 29.1 Å². The number of nitrogens with zero attached hydrogens (tertiary/aromatic N) is 2. The number of carboxylic acids is 1. The van der Waals surface area contributed by atoms with E-state index in [1.54, 1.807) is 14.0 Å². The molecular weight excluding hydrogens is 232 g/mol. The summed E-state index contributed by atoms with van der Waals surface area (Å²) in [5.41, 5.74) is 0. The van der Waals surface area contributed by atoms with Gasteiger partial charge in [0, 0.05) is 13.1 Å². The molecule has 4 atom stereocenters. The van der Waals surface area contributed by atoms with Crippen molar-refractivity contribution in [2.75, 3.05) is 7.05 Å². The SMILES string of the molecule is CC1C[C@H](C(=O)N(C)C(C)CC#N)[C@H](C(=O)O)C1. The Kier molecular flexibility index (Phi) is 4.71. The van der Waals surface area contributed by atoms with E-state index < -0.39 is 17.8 Å². The van der Waals surface area contributed by atoms with Gasteiger partial charge >= 0.3 is 5.97 Å². The van der Waals surface area contributed by atoms with Crippen molar-refractivity contribution >= 4 is 11.9 Å². The second-order valence-corrected chi connectivity index (χ2v) is 5.29. The molecule has 2 unspecified atom stereocenters. The van der Waals surface area contributed by atoms with Gasteiger partial charge in [-0.3, -0.25) is 9.59 Å². The van der Waals surface area contributed by atoms with E-state index in [0.29, 0.717) is 12.8 Å². The van der Waals surface area contributed by atoms with Gasteiger partial charge in [0.2, 0.25) is 5.91 Å². The summed E-state index contributed by atoms with van der Waals surface area (Å²) in [5.74, 6) is -1.79. The van der Waals surface area contributed by atoms with Gasteiger partial charge in [-0.15, -0.1) is 0 Å². The lowest BCUT2D eigenvalue weighted by atomic mass is 9.94. The highest BCUT2D eigenvalue weighted by atomic mass is 16.4. The summed E-state index contributed by atoms with van der Waals surface area (Å²) in [6.45, 7) is 3.78. The Hall–Kier alpha value is -1.57. The van der Waals surface area contributed by atoms with E-state index in [2.05, 4.69) is 0 Å². The van der Waals surface area contributed by atoms with Crippen molar-refractivity contribution in [3.05, 3.63) is 0 Å². The number of nitriles is 1. The summed E-state index contributed by atoms with van der Waals surface area (Å²) in [4.78, 5) is 24.9. The van der Waals surface area contributed by atoms with Gasteiger partial charge in [0.1, 0.15) is 0 Å². The van der Waals surface area contributed by atoms with Crippen molar-refractivity contribution < 1.29 is 14.7 Å². The predicted molar refractivity (Wildman–Crippen MR) is 65.5 cm³/mol. The third-order valence-electron chi connectivity index (χ3n) is 3.83. The Morgan fingerprint density at radius 2 is 2.00 bits per heavy atom. The Bertz CT molecular complexity index is 375. The summed E-state index contributed by atoms with van der Waals surface area (Å²) in [7, 11) is 1.65. The molecule has 0 saturated heterocycles. The van der Waals surface area contributed by atoms with Crippen molar-refractivity contribution in [1.29, 1.82) is 5.26 Å². The maximum absolute atomic E-state index is 12.3. The Morgan fingerprint density at radius 1 is 1.44 bits per heavy atom. The van der Waals surface area contributed by atoms with Crippen LogP contribution in [0.5, 0.6) is 0 Å². The summed E-state index contributed by atoms with van der Waals surface area (Å²) in [5, 5.41) is 17.8. The first-order valence-electron chi connectivity index (χ1n) is 6.24. The van der Waals surface area contributed by atoms with Gasteiger partial charge in [-0.25, -0.2) is 0 Å². The Labute approximate surface area is 107 Å². The molecule has 100 valence electrons. The number of amides is 1. The number of rotatable bonds is 4. The first-order valence-corrected chi connectivity index (χ1v) is 6.24. The van der Waals surface area contributed by atoms with Crippen LogP contribution in [0.2, 0.25) is 0 Å². The predicted octanol–water partition coefficient (Wildman–Crippen LogP) is 1.49. The molecule has 0 spiro atoms. The molecule has 0 aromatic rings. The number of carboxylic acid groups (broad SMARTS) is 1. The van der Waals surface area contributed by atoms with Gasteiger partial charge in [-0.05, 0) is 25.7 Å². The molecule has 1 aliphatic carbocycles. The monoisotopic (exact) mass is 252 g/mol. The fourth-order valence-electron chi connectivity index (χ4n) is 2.59. The second-order valence-electron chi connectivity index (χ2n) is 5.29. The van der Waals surface area contributed by atoms with Gasteiger partial charge in [-0.2, -0.15) is 5.26 Å². The maximum atomic E-state index is 12.3. The standard InChI is InChI=1S/C13H20N2O3/c1-8-6-10(11(7-8)13(17)18)12(16)15(3)9(2)4-5-14/h8-11H,4,6-7H2,1-3H3,(H,17,18)/t8?,9?,10-,11+/m0/s1. The fraction of sp³-hybridized carbons (Fsp3) is 0.769. The lowest BCUT2D eigenvalue weighted by Crippen LogP contribution is -2.41. The highest BCUT2D eigenvalue weighted by Crippen LogP contribution is 2.37. The Morgan fingerprint density at radius 3 is 2.50 bits per heavy atom. The van der Waals surface area contributed by atoms with Crippen molar-refractivity contribution in [3.8, 4) is 6.07 Å². The zero-order valence-corrected chi connectivity index (χ0v) is 11.1. The minimum atomic E-state index is -0.890.